The Kier molecular flexibility index (Phi) is 20.8. The number of nitrogens with zero attached hydrogens (tertiary/aromatic N) is 7. The summed E-state index contributed by atoms with van der Waals surface area (Å²) < 4.78 is 89.3. The number of hydrogen-bond donors (Lipinski definition) is 4. The molecule has 2 saturated heterocycles. The maximum Gasteiger partial charge on any atom is 0.436 e. The highest BCUT2D eigenvalue weighted by molar-refractivity contribution is 6.33. The fourth-order valence-electron chi connectivity index (χ4n) is 6.71. The summed E-state index contributed by atoms with van der Waals surface area (Å²) in [5.41, 5.74) is -0.704. The van der Waals surface area contributed by atoms with Gasteiger partial charge in [0, 0.05) is 88.7 Å². The molecule has 0 radical (unpaired) electrons. The Morgan fingerprint density at radius 2 is 1.09 bits per heavy atom. The molecular weight excluding hydrogens is 972 g/mol. The van der Waals surface area contributed by atoms with Crippen molar-refractivity contribution < 1.29 is 60.7 Å². The van der Waals surface area contributed by atoms with E-state index in [0.717, 1.165) is 42.3 Å². The van der Waals surface area contributed by atoms with Gasteiger partial charge in [0.1, 0.15) is 24.6 Å². The van der Waals surface area contributed by atoms with Gasteiger partial charge in [0.2, 0.25) is 5.91 Å². The lowest BCUT2D eigenvalue weighted by Gasteiger charge is -2.36. The number of carboxylic acids is 1. The summed E-state index contributed by atoms with van der Waals surface area (Å²) in [6.45, 7) is 7.59. The summed E-state index contributed by atoms with van der Waals surface area (Å²) in [5.74, 6) is -0.440. The highest BCUT2D eigenvalue weighted by Gasteiger charge is 2.40. The molecule has 368 valence electrons. The number of anilines is 2. The van der Waals surface area contributed by atoms with Crippen molar-refractivity contribution in [2.45, 2.75) is 71.8 Å². The van der Waals surface area contributed by atoms with E-state index in [1.165, 1.54) is 26.6 Å². The van der Waals surface area contributed by atoms with E-state index >= 15 is 0 Å². The largest absolute Gasteiger partial charge is 0.495 e. The minimum atomic E-state index is -4.77. The third kappa shape index (κ3) is 15.3. The number of halogens is 10. The second-order valence-electron chi connectivity index (χ2n) is 14.8. The van der Waals surface area contributed by atoms with Gasteiger partial charge < -0.3 is 44.8 Å². The molecule has 25 heteroatoms. The van der Waals surface area contributed by atoms with Crippen molar-refractivity contribution in [3.8, 4) is 11.5 Å². The smallest absolute Gasteiger partial charge is 0.436 e. The van der Waals surface area contributed by atoms with Crippen molar-refractivity contribution >= 4 is 69.7 Å². The number of nitrogens with one attached hydrogen (secondary N) is 1. The van der Waals surface area contributed by atoms with Gasteiger partial charge in [-0.05, 0) is 38.1 Å². The molecule has 6 rings (SSSR count). The number of aliphatic hydroxyl groups is 2. The molecule has 0 bridgehead atoms. The number of carbonyl (C=O) groups is 2. The monoisotopic (exact) mass is 1020 g/mol. The standard InChI is InChI=1S/C20H23Cl2F3N4O3.C11H15ClN2O.C9H10ClF3N2O3.CH4/c1-12(30)9-15-18(22)19(20(23,24)25)26-29(15)11-17(31)28-7-5-27(6-8-28)13-3-4-14(21)16(10-13)32-2;1-15-11-8-9(2-3-10(11)12)14-6-4-13-5-7-14;1-4(16)2-5-7(10)8(9(11,12)13)14-15(5)3-6(17)18;/h3-4,10,12,30H,5-9,11H2,1-2H3;2-3,8,13H,4-7H2,1H3;4,16H,2-3H2,1H3,(H,17,18);1H4. The average molecular weight is 1020 g/mol. The van der Waals surface area contributed by atoms with Crippen LogP contribution in [0.5, 0.6) is 11.5 Å². The van der Waals surface area contributed by atoms with Gasteiger partial charge in [-0.3, -0.25) is 19.0 Å². The first-order valence-electron chi connectivity index (χ1n) is 19.8. The van der Waals surface area contributed by atoms with Crippen LogP contribution in [0.2, 0.25) is 20.1 Å². The normalized spacial score (nSPS) is 15.1. The Morgan fingerprint density at radius 3 is 1.45 bits per heavy atom. The van der Waals surface area contributed by atoms with Crippen LogP contribution >= 0.6 is 46.4 Å². The first-order valence-corrected chi connectivity index (χ1v) is 21.3. The number of ether oxygens (including phenoxy) is 2. The molecule has 66 heavy (non-hydrogen) atoms. The van der Waals surface area contributed by atoms with Crippen LogP contribution in [0.15, 0.2) is 36.4 Å². The Bertz CT molecular complexity index is 2230. The van der Waals surface area contributed by atoms with E-state index in [1.807, 2.05) is 30.3 Å². The van der Waals surface area contributed by atoms with Crippen molar-refractivity contribution in [1.82, 2.24) is 29.8 Å². The van der Waals surface area contributed by atoms with Gasteiger partial charge >= 0.3 is 18.3 Å². The Labute approximate surface area is 397 Å². The summed E-state index contributed by atoms with van der Waals surface area (Å²) in [7, 11) is 3.17. The van der Waals surface area contributed by atoms with E-state index in [9.17, 15) is 46.1 Å². The number of aliphatic carboxylic acids is 1. The Morgan fingerprint density at radius 1 is 0.697 bits per heavy atom. The summed E-state index contributed by atoms with van der Waals surface area (Å²) in [5, 5.41) is 37.3. The van der Waals surface area contributed by atoms with Crippen LogP contribution < -0.4 is 24.6 Å². The molecule has 0 aliphatic carbocycles. The summed E-state index contributed by atoms with van der Waals surface area (Å²) in [6, 6.07) is 11.3. The van der Waals surface area contributed by atoms with Gasteiger partial charge in [-0.25, -0.2) is 0 Å². The van der Waals surface area contributed by atoms with E-state index in [1.54, 1.807) is 18.1 Å². The number of carbonyl (C=O) groups excluding carboxylic acids is 1. The van der Waals surface area contributed by atoms with Crippen LogP contribution in [-0.4, -0.2) is 130 Å². The van der Waals surface area contributed by atoms with Crippen LogP contribution in [-0.2, 0) is 47.9 Å². The lowest BCUT2D eigenvalue weighted by atomic mass is 10.2. The lowest BCUT2D eigenvalue weighted by Crippen LogP contribution is -2.49. The highest BCUT2D eigenvalue weighted by atomic mass is 35.5. The zero-order valence-electron chi connectivity index (χ0n) is 35.5. The fraction of sp³-hybridized carbons (Fsp3) is 0.512. The maximum atomic E-state index is 13.2. The first kappa shape index (κ1) is 55.9. The quantitative estimate of drug-likeness (QED) is 0.104. The molecule has 4 heterocycles. The molecule has 2 atom stereocenters. The van der Waals surface area contributed by atoms with E-state index in [0.29, 0.717) is 46.7 Å². The number of carboxylic acid groups (broad SMARTS) is 1. The van der Waals surface area contributed by atoms with Crippen molar-refractivity contribution in [1.29, 1.82) is 0 Å². The van der Waals surface area contributed by atoms with E-state index in [2.05, 4.69) is 25.3 Å². The first-order chi connectivity index (χ1) is 30.4. The predicted molar refractivity (Wildman–Crippen MR) is 239 cm³/mol. The molecule has 0 saturated carbocycles. The van der Waals surface area contributed by atoms with Crippen LogP contribution in [0, 0.1) is 0 Å². The molecule has 2 aliphatic rings. The Balaban J connectivity index is 0.000000287. The molecule has 15 nitrogen and oxygen atoms in total. The number of aliphatic hydroxyl groups excluding tert-OH is 2. The number of benzene rings is 2. The van der Waals surface area contributed by atoms with Gasteiger partial charge in [-0.15, -0.1) is 0 Å². The molecule has 2 unspecified atom stereocenters. The molecule has 0 spiro atoms. The van der Waals surface area contributed by atoms with E-state index < -0.39 is 65.1 Å². The van der Waals surface area contributed by atoms with Gasteiger partial charge in [0.15, 0.2) is 11.4 Å². The zero-order valence-corrected chi connectivity index (χ0v) is 38.5. The second kappa shape index (κ2) is 24.6. The molecule has 4 N–H and O–H groups in total. The minimum Gasteiger partial charge on any atom is -0.495 e. The topological polar surface area (TPSA) is 171 Å². The van der Waals surface area contributed by atoms with Crippen molar-refractivity contribution in [3.63, 3.8) is 0 Å². The van der Waals surface area contributed by atoms with Crippen molar-refractivity contribution in [3.05, 3.63) is 79.3 Å². The molecule has 1 amide bonds. The number of rotatable bonds is 12. The lowest BCUT2D eigenvalue weighted by molar-refractivity contribution is -0.143. The average Bonchev–Trinajstić information content (AvgIpc) is 3.72. The van der Waals surface area contributed by atoms with Crippen molar-refractivity contribution in [2.24, 2.45) is 0 Å². The zero-order chi connectivity index (χ0) is 48.4. The molecular formula is C41H52Cl4F6N8O7. The predicted octanol–water partition coefficient (Wildman–Crippen LogP) is 7.45. The van der Waals surface area contributed by atoms with Gasteiger partial charge in [0.25, 0.3) is 0 Å². The molecule has 2 aliphatic heterocycles. The van der Waals surface area contributed by atoms with Gasteiger partial charge in [-0.1, -0.05) is 53.8 Å². The third-order valence-corrected chi connectivity index (χ3v) is 11.2. The third-order valence-electron chi connectivity index (χ3n) is 9.82. The summed E-state index contributed by atoms with van der Waals surface area (Å²) >= 11 is 23.5. The number of amides is 1. The SMILES string of the molecule is C.CC(O)Cc1c(Cl)c(C(F)(F)F)nn1CC(=O)O.COc1cc(N2CCN(C(=O)Cn3nc(C(F)(F)F)c(Cl)c3CC(C)O)CC2)ccc1Cl.COc1cc(N2CCNCC2)ccc1Cl. The molecule has 2 aromatic heterocycles. The van der Waals surface area contributed by atoms with Gasteiger partial charge in [0.05, 0.1) is 57.9 Å². The maximum absolute atomic E-state index is 13.2. The van der Waals surface area contributed by atoms with E-state index in [4.69, 9.17) is 61.0 Å². The summed E-state index contributed by atoms with van der Waals surface area (Å²) in [4.78, 5) is 29.3. The summed E-state index contributed by atoms with van der Waals surface area (Å²) in [6.07, 6.45) is -11.8. The van der Waals surface area contributed by atoms with Crippen LogP contribution in [0.3, 0.4) is 0 Å². The van der Waals surface area contributed by atoms with Crippen LogP contribution in [0.25, 0.3) is 0 Å². The number of aromatic nitrogens is 4. The second-order valence-corrected chi connectivity index (χ2v) is 16.3. The molecule has 2 aromatic carbocycles. The fourth-order valence-corrected chi connectivity index (χ4v) is 7.74. The van der Waals surface area contributed by atoms with E-state index in [-0.39, 0.29) is 37.6 Å². The van der Waals surface area contributed by atoms with Crippen molar-refractivity contribution in [2.75, 3.05) is 76.4 Å². The number of alkyl halides is 6. The van der Waals surface area contributed by atoms with Gasteiger partial charge in [-0.2, -0.15) is 36.5 Å². The number of piperazine rings is 2. The number of methoxy groups -OCH3 is 2. The molecule has 4 aromatic rings. The van der Waals surface area contributed by atoms with Crippen LogP contribution in [0.1, 0.15) is 44.0 Å². The number of hydrogen-bond acceptors (Lipinski definition) is 11. The highest BCUT2D eigenvalue weighted by Crippen LogP contribution is 2.38. The minimum absolute atomic E-state index is 0. The Hall–Kier alpha value is -4.38. The van der Waals surface area contributed by atoms with Crippen LogP contribution in [0.4, 0.5) is 37.7 Å². The molecule has 2 fully saturated rings.